The second-order valence-electron chi connectivity index (χ2n) is 7.89. The molecule has 1 amide bonds. The van der Waals surface area contributed by atoms with Crippen molar-refractivity contribution in [3.63, 3.8) is 0 Å². The summed E-state index contributed by atoms with van der Waals surface area (Å²) in [5.41, 5.74) is 1.18. The number of piperidine rings is 1. The van der Waals surface area contributed by atoms with E-state index in [0.717, 1.165) is 0 Å². The van der Waals surface area contributed by atoms with Gasteiger partial charge in [-0.05, 0) is 56.5 Å². The Bertz CT molecular complexity index is 1040. The molecule has 0 aromatic heterocycles. The first-order chi connectivity index (χ1) is 14.6. The number of carbonyl (C=O) groups is 1. The molecular weight excluding hydrogens is 459 g/mol. The molecule has 1 aliphatic heterocycles. The predicted molar refractivity (Wildman–Crippen MR) is 124 cm³/mol. The minimum Gasteiger partial charge on any atom is -0.491 e. The lowest BCUT2D eigenvalue weighted by Gasteiger charge is -2.31. The van der Waals surface area contributed by atoms with Crippen LogP contribution in [0.5, 0.6) is 5.75 Å². The summed E-state index contributed by atoms with van der Waals surface area (Å²) in [6, 6.07) is 12.0. The van der Waals surface area contributed by atoms with Crippen LogP contribution in [0, 0.1) is 5.92 Å². The number of amides is 1. The van der Waals surface area contributed by atoms with Gasteiger partial charge in [0.2, 0.25) is 15.9 Å². The van der Waals surface area contributed by atoms with Gasteiger partial charge >= 0.3 is 0 Å². The molecular formula is C22H26Cl2N2O4S. The number of benzene rings is 2. The molecule has 168 valence electrons. The van der Waals surface area contributed by atoms with Crippen molar-refractivity contribution in [2.45, 2.75) is 38.5 Å². The van der Waals surface area contributed by atoms with Crippen molar-refractivity contribution >= 4 is 44.8 Å². The first-order valence-corrected chi connectivity index (χ1v) is 12.5. The molecule has 0 radical (unpaired) electrons. The zero-order valence-electron chi connectivity index (χ0n) is 17.5. The van der Waals surface area contributed by atoms with Crippen LogP contribution in [-0.4, -0.2) is 37.8 Å². The summed E-state index contributed by atoms with van der Waals surface area (Å²) in [6.07, 6.45) is 1.28. The fourth-order valence-electron chi connectivity index (χ4n) is 3.50. The van der Waals surface area contributed by atoms with Crippen LogP contribution < -0.4 is 10.1 Å². The van der Waals surface area contributed by atoms with Crippen molar-refractivity contribution in [1.82, 2.24) is 4.31 Å². The lowest BCUT2D eigenvalue weighted by atomic mass is 9.98. The Balaban J connectivity index is 1.65. The topological polar surface area (TPSA) is 75.7 Å². The molecule has 2 aromatic rings. The van der Waals surface area contributed by atoms with E-state index < -0.39 is 15.9 Å². The largest absolute Gasteiger partial charge is 0.491 e. The SMILES string of the molecule is CC(C)Oc1cccc(NC(=O)C2CCCN(S(=O)(=O)Cc3ccc(Cl)c(Cl)c3)C2)c1. The van der Waals surface area contributed by atoms with Crippen LogP contribution in [0.1, 0.15) is 32.3 Å². The molecule has 1 fully saturated rings. The summed E-state index contributed by atoms with van der Waals surface area (Å²) in [5, 5.41) is 3.58. The lowest BCUT2D eigenvalue weighted by Crippen LogP contribution is -2.44. The van der Waals surface area contributed by atoms with Crippen LogP contribution in [0.15, 0.2) is 42.5 Å². The maximum atomic E-state index is 12.9. The van der Waals surface area contributed by atoms with Gasteiger partial charge in [0, 0.05) is 24.8 Å². The van der Waals surface area contributed by atoms with Crippen molar-refractivity contribution in [2.24, 2.45) is 5.92 Å². The molecule has 1 atom stereocenters. The van der Waals surface area contributed by atoms with Gasteiger partial charge < -0.3 is 10.1 Å². The third kappa shape index (κ3) is 6.59. The Kier molecular flexibility index (Phi) is 7.86. The number of anilines is 1. The number of ether oxygens (including phenoxy) is 1. The Hall–Kier alpha value is -1.80. The van der Waals surface area contributed by atoms with Crippen LogP contribution >= 0.6 is 23.2 Å². The number of hydrogen-bond acceptors (Lipinski definition) is 4. The maximum absolute atomic E-state index is 12.9. The van der Waals surface area contributed by atoms with Crippen molar-refractivity contribution in [2.75, 3.05) is 18.4 Å². The highest BCUT2D eigenvalue weighted by Crippen LogP contribution is 2.27. The number of rotatable bonds is 7. The summed E-state index contributed by atoms with van der Waals surface area (Å²) < 4.78 is 32.9. The number of nitrogens with zero attached hydrogens (tertiary/aromatic N) is 1. The number of carbonyl (C=O) groups excluding carboxylic acids is 1. The van der Waals surface area contributed by atoms with Gasteiger partial charge in [-0.15, -0.1) is 0 Å². The number of sulfonamides is 1. The van der Waals surface area contributed by atoms with E-state index in [-0.39, 0.29) is 24.3 Å². The monoisotopic (exact) mass is 484 g/mol. The summed E-state index contributed by atoms with van der Waals surface area (Å²) in [6.45, 7) is 4.41. The third-order valence-corrected chi connectivity index (χ3v) is 7.51. The van der Waals surface area contributed by atoms with Crippen LogP contribution in [0.3, 0.4) is 0 Å². The number of hydrogen-bond donors (Lipinski definition) is 1. The second-order valence-corrected chi connectivity index (χ2v) is 10.7. The molecule has 2 aromatic carbocycles. The van der Waals surface area contributed by atoms with Crippen molar-refractivity contribution < 1.29 is 17.9 Å². The Morgan fingerprint density at radius 1 is 1.19 bits per heavy atom. The van der Waals surface area contributed by atoms with Crippen LogP contribution in [-0.2, 0) is 20.6 Å². The zero-order valence-corrected chi connectivity index (χ0v) is 19.8. The van der Waals surface area contributed by atoms with Crippen LogP contribution in [0.4, 0.5) is 5.69 Å². The molecule has 0 spiro atoms. The lowest BCUT2D eigenvalue weighted by molar-refractivity contribution is -0.120. The minimum absolute atomic E-state index is 0.0265. The molecule has 9 heteroatoms. The fraction of sp³-hybridized carbons (Fsp3) is 0.409. The van der Waals surface area contributed by atoms with E-state index >= 15 is 0 Å². The summed E-state index contributed by atoms with van der Waals surface area (Å²) in [5.74, 6) is -0.141. The standard InChI is InChI=1S/C22H26Cl2N2O4S/c1-15(2)30-19-7-3-6-18(12-19)25-22(27)17-5-4-10-26(13-17)31(28,29)14-16-8-9-20(23)21(24)11-16/h3,6-9,11-12,15,17H,4-5,10,13-14H2,1-2H3,(H,25,27). The van der Waals surface area contributed by atoms with E-state index in [0.29, 0.717) is 46.4 Å². The zero-order chi connectivity index (χ0) is 22.6. The van der Waals surface area contributed by atoms with E-state index in [9.17, 15) is 13.2 Å². The highest BCUT2D eigenvalue weighted by Gasteiger charge is 2.32. The van der Waals surface area contributed by atoms with Crippen molar-refractivity contribution in [3.8, 4) is 5.75 Å². The van der Waals surface area contributed by atoms with Gasteiger partial charge in [-0.3, -0.25) is 4.79 Å². The maximum Gasteiger partial charge on any atom is 0.228 e. The smallest absolute Gasteiger partial charge is 0.228 e. The van der Waals surface area contributed by atoms with E-state index in [4.69, 9.17) is 27.9 Å². The van der Waals surface area contributed by atoms with E-state index in [1.807, 2.05) is 26.0 Å². The molecule has 1 unspecified atom stereocenters. The Labute approximate surface area is 193 Å². The normalized spacial score (nSPS) is 17.5. The second kappa shape index (κ2) is 10.2. The van der Waals surface area contributed by atoms with Gasteiger partial charge in [0.25, 0.3) is 0 Å². The quantitative estimate of drug-likeness (QED) is 0.602. The van der Waals surface area contributed by atoms with Gasteiger partial charge in [0.05, 0.1) is 27.8 Å². The van der Waals surface area contributed by atoms with Gasteiger partial charge in [-0.1, -0.05) is 35.3 Å². The number of nitrogens with one attached hydrogen (secondary N) is 1. The average molecular weight is 485 g/mol. The van der Waals surface area contributed by atoms with Gasteiger partial charge in [-0.2, -0.15) is 0 Å². The third-order valence-electron chi connectivity index (χ3n) is 4.95. The minimum atomic E-state index is -3.59. The van der Waals surface area contributed by atoms with E-state index in [1.165, 1.54) is 4.31 Å². The Morgan fingerprint density at radius 2 is 1.97 bits per heavy atom. The van der Waals surface area contributed by atoms with Crippen LogP contribution in [0.25, 0.3) is 0 Å². The first kappa shape index (κ1) is 23.9. The molecule has 0 saturated carbocycles. The molecule has 31 heavy (non-hydrogen) atoms. The first-order valence-electron chi connectivity index (χ1n) is 10.1. The van der Waals surface area contributed by atoms with Gasteiger partial charge in [0.1, 0.15) is 5.75 Å². The highest BCUT2D eigenvalue weighted by atomic mass is 35.5. The summed E-state index contributed by atoms with van der Waals surface area (Å²) in [4.78, 5) is 12.8. The highest BCUT2D eigenvalue weighted by molar-refractivity contribution is 7.88. The molecule has 1 heterocycles. The van der Waals surface area contributed by atoms with Gasteiger partial charge in [-0.25, -0.2) is 12.7 Å². The molecule has 1 N–H and O–H groups in total. The van der Waals surface area contributed by atoms with E-state index in [2.05, 4.69) is 5.32 Å². The van der Waals surface area contributed by atoms with Crippen molar-refractivity contribution in [1.29, 1.82) is 0 Å². The van der Waals surface area contributed by atoms with Crippen molar-refractivity contribution in [3.05, 3.63) is 58.1 Å². The predicted octanol–water partition coefficient (Wildman–Crippen LogP) is 4.96. The fourth-order valence-corrected chi connectivity index (χ4v) is 5.42. The number of halogens is 2. The van der Waals surface area contributed by atoms with E-state index in [1.54, 1.807) is 30.3 Å². The molecule has 1 aliphatic rings. The Morgan fingerprint density at radius 3 is 2.68 bits per heavy atom. The summed E-state index contributed by atoms with van der Waals surface area (Å²) >= 11 is 11.9. The van der Waals surface area contributed by atoms with Gasteiger partial charge in [0.15, 0.2) is 0 Å². The van der Waals surface area contributed by atoms with Crippen LogP contribution in [0.2, 0.25) is 10.0 Å². The average Bonchev–Trinajstić information content (AvgIpc) is 2.70. The molecule has 6 nitrogen and oxygen atoms in total. The molecule has 0 bridgehead atoms. The molecule has 0 aliphatic carbocycles. The molecule has 3 rings (SSSR count). The molecule has 1 saturated heterocycles. The summed E-state index contributed by atoms with van der Waals surface area (Å²) in [7, 11) is -3.59.